The first-order chi connectivity index (χ1) is 9.36. The van der Waals surface area contributed by atoms with Crippen LogP contribution in [0.2, 0.25) is 5.02 Å². The predicted octanol–water partition coefficient (Wildman–Crippen LogP) is 2.67. The normalized spacial score (nSPS) is 18.4. The van der Waals surface area contributed by atoms with E-state index in [4.69, 9.17) is 11.6 Å². The highest BCUT2D eigenvalue weighted by atomic mass is 35.5. The number of halogens is 1. The zero-order valence-electron chi connectivity index (χ0n) is 11.9. The molecule has 112 valence electrons. The minimum Gasteiger partial charge on any atom is -0.316 e. The standard InChI is InChI=1S/C14H21ClN2O2S/c1-14(7-3-4-8-14)17-20(18,19)12-6-5-11(10-16-2)13(15)9-12/h5-6,9,16-17H,3-4,7-8,10H2,1-2H3. The molecule has 1 fully saturated rings. The summed E-state index contributed by atoms with van der Waals surface area (Å²) in [4.78, 5) is 0.232. The van der Waals surface area contributed by atoms with Gasteiger partial charge in [-0.05, 0) is 44.5 Å². The molecule has 0 heterocycles. The fourth-order valence-electron chi connectivity index (χ4n) is 2.67. The zero-order valence-corrected chi connectivity index (χ0v) is 13.4. The van der Waals surface area contributed by atoms with E-state index in [1.165, 1.54) is 6.07 Å². The molecule has 0 spiro atoms. The van der Waals surface area contributed by atoms with Crippen LogP contribution in [-0.2, 0) is 16.6 Å². The molecule has 1 aliphatic carbocycles. The van der Waals surface area contributed by atoms with Gasteiger partial charge in [-0.2, -0.15) is 0 Å². The van der Waals surface area contributed by atoms with Crippen LogP contribution in [0.1, 0.15) is 38.2 Å². The second-order valence-corrected chi connectivity index (χ2v) is 7.75. The number of nitrogens with one attached hydrogen (secondary N) is 2. The highest BCUT2D eigenvalue weighted by Crippen LogP contribution is 2.31. The van der Waals surface area contributed by atoms with Gasteiger partial charge in [0.1, 0.15) is 0 Å². The van der Waals surface area contributed by atoms with Crippen LogP contribution in [0.4, 0.5) is 0 Å². The molecule has 4 nitrogen and oxygen atoms in total. The van der Waals surface area contributed by atoms with Gasteiger partial charge < -0.3 is 5.32 Å². The Morgan fingerprint density at radius 1 is 1.30 bits per heavy atom. The molecular formula is C14H21ClN2O2S. The van der Waals surface area contributed by atoms with E-state index in [-0.39, 0.29) is 10.4 Å². The Hall–Kier alpha value is -0.620. The lowest BCUT2D eigenvalue weighted by atomic mass is 10.0. The van der Waals surface area contributed by atoms with E-state index >= 15 is 0 Å². The second-order valence-electron chi connectivity index (χ2n) is 5.66. The number of rotatable bonds is 5. The summed E-state index contributed by atoms with van der Waals surface area (Å²) in [5.74, 6) is 0. The van der Waals surface area contributed by atoms with Crippen LogP contribution in [0.3, 0.4) is 0 Å². The lowest BCUT2D eigenvalue weighted by molar-refractivity contribution is 0.427. The lowest BCUT2D eigenvalue weighted by Crippen LogP contribution is -2.43. The number of benzene rings is 1. The smallest absolute Gasteiger partial charge is 0.241 e. The van der Waals surface area contributed by atoms with Gasteiger partial charge in [0.05, 0.1) is 4.90 Å². The van der Waals surface area contributed by atoms with E-state index in [0.29, 0.717) is 11.6 Å². The zero-order chi connectivity index (χ0) is 14.8. The molecule has 0 bridgehead atoms. The van der Waals surface area contributed by atoms with E-state index in [0.717, 1.165) is 31.2 Å². The molecule has 0 aliphatic heterocycles. The van der Waals surface area contributed by atoms with Crippen LogP contribution in [0.15, 0.2) is 23.1 Å². The van der Waals surface area contributed by atoms with Crippen LogP contribution in [0, 0.1) is 0 Å². The van der Waals surface area contributed by atoms with Crippen molar-refractivity contribution in [1.29, 1.82) is 0 Å². The molecule has 0 unspecified atom stereocenters. The molecular weight excluding hydrogens is 296 g/mol. The van der Waals surface area contributed by atoms with Gasteiger partial charge in [0, 0.05) is 17.1 Å². The van der Waals surface area contributed by atoms with Crippen molar-refractivity contribution in [1.82, 2.24) is 10.0 Å². The highest BCUT2D eigenvalue weighted by molar-refractivity contribution is 7.89. The van der Waals surface area contributed by atoms with Crippen molar-refractivity contribution in [2.75, 3.05) is 7.05 Å². The van der Waals surface area contributed by atoms with E-state index < -0.39 is 10.0 Å². The van der Waals surface area contributed by atoms with Crippen molar-refractivity contribution in [3.8, 4) is 0 Å². The first-order valence-corrected chi connectivity index (χ1v) is 8.69. The SMILES string of the molecule is CNCc1ccc(S(=O)(=O)NC2(C)CCCC2)cc1Cl. The summed E-state index contributed by atoms with van der Waals surface area (Å²) in [6.07, 6.45) is 3.91. The molecule has 1 aromatic rings. The number of hydrogen-bond donors (Lipinski definition) is 2. The minimum atomic E-state index is -3.51. The first-order valence-electron chi connectivity index (χ1n) is 6.83. The predicted molar refractivity (Wildman–Crippen MR) is 81.4 cm³/mol. The third kappa shape index (κ3) is 3.52. The van der Waals surface area contributed by atoms with Gasteiger partial charge in [-0.1, -0.05) is 30.5 Å². The van der Waals surface area contributed by atoms with Gasteiger partial charge in [-0.25, -0.2) is 13.1 Å². The molecule has 0 radical (unpaired) electrons. The van der Waals surface area contributed by atoms with Crippen LogP contribution < -0.4 is 10.0 Å². The molecule has 1 aliphatic rings. The summed E-state index contributed by atoms with van der Waals surface area (Å²) >= 11 is 6.13. The summed E-state index contributed by atoms with van der Waals surface area (Å²) in [5.41, 5.74) is 0.565. The van der Waals surface area contributed by atoms with Crippen LogP contribution in [0.25, 0.3) is 0 Å². The molecule has 1 saturated carbocycles. The molecule has 1 aromatic carbocycles. The highest BCUT2D eigenvalue weighted by Gasteiger charge is 2.33. The van der Waals surface area contributed by atoms with Crippen molar-refractivity contribution in [2.45, 2.75) is 49.6 Å². The van der Waals surface area contributed by atoms with Gasteiger partial charge in [-0.3, -0.25) is 0 Å². The molecule has 6 heteroatoms. The van der Waals surface area contributed by atoms with Gasteiger partial charge in [0.2, 0.25) is 10.0 Å². The molecule has 0 atom stereocenters. The van der Waals surface area contributed by atoms with E-state index in [1.807, 2.05) is 14.0 Å². The Balaban J connectivity index is 2.23. The van der Waals surface area contributed by atoms with E-state index in [1.54, 1.807) is 12.1 Å². The molecule has 2 N–H and O–H groups in total. The van der Waals surface area contributed by atoms with Crippen LogP contribution >= 0.6 is 11.6 Å². The Labute approximate surface area is 126 Å². The molecule has 0 aromatic heterocycles. The monoisotopic (exact) mass is 316 g/mol. The average Bonchev–Trinajstić information content (AvgIpc) is 2.77. The van der Waals surface area contributed by atoms with Gasteiger partial charge in [0.25, 0.3) is 0 Å². The van der Waals surface area contributed by atoms with E-state index in [9.17, 15) is 8.42 Å². The average molecular weight is 317 g/mol. The van der Waals surface area contributed by atoms with Gasteiger partial charge >= 0.3 is 0 Å². The summed E-state index contributed by atoms with van der Waals surface area (Å²) in [5, 5.41) is 3.47. The second kappa shape index (κ2) is 6.02. The third-order valence-electron chi connectivity index (χ3n) is 3.79. The Morgan fingerprint density at radius 3 is 2.50 bits per heavy atom. The number of sulfonamides is 1. The van der Waals surface area contributed by atoms with Crippen LogP contribution in [-0.4, -0.2) is 21.0 Å². The Morgan fingerprint density at radius 2 is 1.95 bits per heavy atom. The number of hydrogen-bond acceptors (Lipinski definition) is 3. The molecule has 20 heavy (non-hydrogen) atoms. The van der Waals surface area contributed by atoms with Crippen molar-refractivity contribution < 1.29 is 8.42 Å². The maximum absolute atomic E-state index is 12.4. The Bertz CT molecular complexity index is 581. The largest absolute Gasteiger partial charge is 0.316 e. The summed E-state index contributed by atoms with van der Waals surface area (Å²) in [6, 6.07) is 4.89. The summed E-state index contributed by atoms with van der Waals surface area (Å²) in [6.45, 7) is 2.58. The summed E-state index contributed by atoms with van der Waals surface area (Å²) < 4.78 is 27.7. The topological polar surface area (TPSA) is 58.2 Å². The van der Waals surface area contributed by atoms with Crippen LogP contribution in [0.5, 0.6) is 0 Å². The van der Waals surface area contributed by atoms with Crippen molar-refractivity contribution in [3.05, 3.63) is 28.8 Å². The third-order valence-corrected chi connectivity index (χ3v) is 5.78. The first kappa shape index (κ1) is 15.8. The van der Waals surface area contributed by atoms with Crippen molar-refractivity contribution in [2.24, 2.45) is 0 Å². The molecule has 0 saturated heterocycles. The van der Waals surface area contributed by atoms with Crippen molar-refractivity contribution in [3.63, 3.8) is 0 Å². The maximum atomic E-state index is 12.4. The molecule has 0 amide bonds. The Kier molecular flexibility index (Phi) is 4.74. The van der Waals surface area contributed by atoms with Crippen molar-refractivity contribution >= 4 is 21.6 Å². The van der Waals surface area contributed by atoms with E-state index in [2.05, 4.69) is 10.0 Å². The minimum absolute atomic E-state index is 0.232. The van der Waals surface area contributed by atoms with Gasteiger partial charge in [-0.15, -0.1) is 0 Å². The maximum Gasteiger partial charge on any atom is 0.241 e. The fraction of sp³-hybridized carbons (Fsp3) is 0.571. The van der Waals surface area contributed by atoms with Gasteiger partial charge in [0.15, 0.2) is 0 Å². The quantitative estimate of drug-likeness (QED) is 0.878. The lowest BCUT2D eigenvalue weighted by Gasteiger charge is -2.25. The molecule has 2 rings (SSSR count). The fourth-order valence-corrected chi connectivity index (χ4v) is 4.47. The summed E-state index contributed by atoms with van der Waals surface area (Å²) in [7, 11) is -1.69.